The molecule has 1 aromatic carbocycles. The first kappa shape index (κ1) is 17.1. The van der Waals surface area contributed by atoms with Crippen molar-refractivity contribution in [2.75, 3.05) is 0 Å². The van der Waals surface area contributed by atoms with E-state index in [4.69, 9.17) is 4.74 Å². The van der Waals surface area contributed by atoms with Crippen molar-refractivity contribution in [2.24, 2.45) is 0 Å². The number of alkyl halides is 3. The molecule has 0 N–H and O–H groups in total. The van der Waals surface area contributed by atoms with Crippen LogP contribution < -0.4 is 0 Å². The monoisotopic (exact) mass is 326 g/mol. The van der Waals surface area contributed by atoms with Crippen molar-refractivity contribution in [1.82, 2.24) is 9.78 Å². The summed E-state index contributed by atoms with van der Waals surface area (Å²) in [5.74, 6) is -0.991. The molecule has 124 valence electrons. The van der Waals surface area contributed by atoms with E-state index in [2.05, 4.69) is 5.10 Å². The van der Waals surface area contributed by atoms with E-state index in [1.54, 1.807) is 32.9 Å². The molecule has 4 nitrogen and oxygen atoms in total. The van der Waals surface area contributed by atoms with E-state index in [1.807, 2.05) is 0 Å². The third kappa shape index (κ3) is 4.58. The van der Waals surface area contributed by atoms with Crippen LogP contribution in [-0.2, 0) is 16.1 Å². The summed E-state index contributed by atoms with van der Waals surface area (Å²) in [5, 5.41) is 3.96. The zero-order chi connectivity index (χ0) is 17.2. The number of aromatic nitrogens is 2. The van der Waals surface area contributed by atoms with E-state index in [1.165, 1.54) is 23.0 Å². The molecular formula is C16H17F3N2O2. The summed E-state index contributed by atoms with van der Waals surface area (Å²) >= 11 is 0. The van der Waals surface area contributed by atoms with Crippen LogP contribution in [0.15, 0.2) is 30.5 Å². The summed E-state index contributed by atoms with van der Waals surface area (Å²) in [7, 11) is 0. The minimum Gasteiger partial charge on any atom is -0.446 e. The van der Waals surface area contributed by atoms with Crippen LogP contribution in [0, 0.1) is 20.8 Å². The molecule has 0 bridgehead atoms. The lowest BCUT2D eigenvalue weighted by Crippen LogP contribution is -2.28. The lowest BCUT2D eigenvalue weighted by Gasteiger charge is -2.22. The van der Waals surface area contributed by atoms with Crippen molar-refractivity contribution in [3.63, 3.8) is 0 Å². The third-order valence-electron chi connectivity index (χ3n) is 3.16. The van der Waals surface area contributed by atoms with Gasteiger partial charge in [-0.25, -0.2) is 0 Å². The quantitative estimate of drug-likeness (QED) is 0.806. The summed E-state index contributed by atoms with van der Waals surface area (Å²) < 4.78 is 45.8. The van der Waals surface area contributed by atoms with Crippen LogP contribution in [0.4, 0.5) is 13.2 Å². The number of esters is 1. The van der Waals surface area contributed by atoms with Crippen molar-refractivity contribution in [1.29, 1.82) is 0 Å². The van der Waals surface area contributed by atoms with E-state index in [-0.39, 0.29) is 12.1 Å². The van der Waals surface area contributed by atoms with Gasteiger partial charge in [-0.05, 0) is 26.8 Å². The van der Waals surface area contributed by atoms with Gasteiger partial charge in [0.05, 0.1) is 5.69 Å². The summed E-state index contributed by atoms with van der Waals surface area (Å²) in [5.41, 5.74) is 1.93. The van der Waals surface area contributed by atoms with E-state index >= 15 is 0 Å². The van der Waals surface area contributed by atoms with Gasteiger partial charge >= 0.3 is 12.1 Å². The molecule has 0 aliphatic rings. The van der Waals surface area contributed by atoms with Gasteiger partial charge in [-0.15, -0.1) is 0 Å². The molecular weight excluding hydrogens is 309 g/mol. The molecule has 0 aliphatic heterocycles. The van der Waals surface area contributed by atoms with Gasteiger partial charge in [-0.3, -0.25) is 9.48 Å². The number of hydrogen-bond acceptors (Lipinski definition) is 3. The molecule has 0 amide bonds. The Balaban J connectivity index is 2.20. The smallest absolute Gasteiger partial charge is 0.429 e. The average molecular weight is 326 g/mol. The van der Waals surface area contributed by atoms with Crippen molar-refractivity contribution < 1.29 is 22.7 Å². The molecule has 0 aliphatic carbocycles. The minimum absolute atomic E-state index is 0.0833. The average Bonchev–Trinajstić information content (AvgIpc) is 2.78. The lowest BCUT2D eigenvalue weighted by atomic mass is 10.0. The number of aryl methyl sites for hydroxylation is 3. The fourth-order valence-electron chi connectivity index (χ4n) is 2.34. The molecule has 1 unspecified atom stereocenters. The maximum Gasteiger partial charge on any atom is 0.429 e. The normalized spacial score (nSPS) is 13.0. The van der Waals surface area contributed by atoms with Crippen molar-refractivity contribution in [2.45, 2.75) is 39.6 Å². The first-order chi connectivity index (χ1) is 10.6. The van der Waals surface area contributed by atoms with Crippen LogP contribution in [0.25, 0.3) is 0 Å². The molecule has 1 heterocycles. The Morgan fingerprint density at radius 2 is 1.83 bits per heavy atom. The van der Waals surface area contributed by atoms with Gasteiger partial charge in [-0.2, -0.15) is 18.3 Å². The maximum absolute atomic E-state index is 13.3. The zero-order valence-electron chi connectivity index (χ0n) is 13.0. The second kappa shape index (κ2) is 6.44. The predicted molar refractivity (Wildman–Crippen MR) is 77.8 cm³/mol. The first-order valence-electron chi connectivity index (χ1n) is 6.99. The molecule has 2 aromatic rings. The highest BCUT2D eigenvalue weighted by Gasteiger charge is 2.44. The van der Waals surface area contributed by atoms with Gasteiger partial charge in [0.1, 0.15) is 6.54 Å². The van der Waals surface area contributed by atoms with Gasteiger partial charge < -0.3 is 4.74 Å². The number of carbonyl (C=O) groups is 1. The molecule has 0 saturated heterocycles. The second-order valence-electron chi connectivity index (χ2n) is 5.49. The Morgan fingerprint density at radius 3 is 2.30 bits per heavy atom. The molecule has 0 fully saturated rings. The van der Waals surface area contributed by atoms with E-state index in [0.717, 1.165) is 0 Å². The Morgan fingerprint density at radius 1 is 1.22 bits per heavy atom. The predicted octanol–water partition coefficient (Wildman–Crippen LogP) is 3.66. The van der Waals surface area contributed by atoms with Crippen LogP contribution in [0.2, 0.25) is 0 Å². The van der Waals surface area contributed by atoms with Crippen molar-refractivity contribution in [3.05, 3.63) is 52.8 Å². The Labute approximate surface area is 131 Å². The molecule has 0 radical (unpaired) electrons. The number of nitrogens with zero attached hydrogens (tertiary/aromatic N) is 2. The summed E-state index contributed by atoms with van der Waals surface area (Å²) in [6.07, 6.45) is -5.46. The standard InChI is InChI=1S/C16H17F3N2O2/c1-10-6-11(2)8-13(7-10)15(16(17,18)19)23-14(22)9-21-5-4-12(3)20-21/h4-8,15H,9H2,1-3H3. The SMILES string of the molecule is Cc1cc(C)cc(C(OC(=O)Cn2ccc(C)n2)C(F)(F)F)c1. The molecule has 1 aromatic heterocycles. The van der Waals surface area contributed by atoms with Gasteiger partial charge in [0.15, 0.2) is 0 Å². The number of benzene rings is 1. The number of halogens is 3. The lowest BCUT2D eigenvalue weighted by molar-refractivity contribution is -0.224. The number of hydrogen-bond donors (Lipinski definition) is 0. The highest BCUT2D eigenvalue weighted by atomic mass is 19.4. The zero-order valence-corrected chi connectivity index (χ0v) is 13.0. The van der Waals surface area contributed by atoms with Gasteiger partial charge in [0, 0.05) is 11.8 Å². The summed E-state index contributed by atoms with van der Waals surface area (Å²) in [6, 6.07) is 6.15. The van der Waals surface area contributed by atoms with E-state index in [0.29, 0.717) is 16.8 Å². The summed E-state index contributed by atoms with van der Waals surface area (Å²) in [4.78, 5) is 11.8. The number of carbonyl (C=O) groups excluding carboxylic acids is 1. The second-order valence-corrected chi connectivity index (χ2v) is 5.49. The van der Waals surface area contributed by atoms with Crippen LogP contribution in [0.1, 0.15) is 28.5 Å². The van der Waals surface area contributed by atoms with E-state index < -0.39 is 18.2 Å². The number of rotatable bonds is 4. The highest BCUT2D eigenvalue weighted by molar-refractivity contribution is 5.69. The maximum atomic E-state index is 13.3. The molecule has 2 rings (SSSR count). The molecule has 7 heteroatoms. The Bertz CT molecular complexity index is 687. The molecule has 0 spiro atoms. The van der Waals surface area contributed by atoms with Crippen LogP contribution in [0.3, 0.4) is 0 Å². The van der Waals surface area contributed by atoms with Crippen LogP contribution in [-0.4, -0.2) is 21.9 Å². The van der Waals surface area contributed by atoms with Gasteiger partial charge in [0.2, 0.25) is 6.10 Å². The topological polar surface area (TPSA) is 44.1 Å². The van der Waals surface area contributed by atoms with Crippen LogP contribution >= 0.6 is 0 Å². The van der Waals surface area contributed by atoms with Crippen molar-refractivity contribution >= 4 is 5.97 Å². The summed E-state index contributed by atoms with van der Waals surface area (Å²) in [6.45, 7) is 4.73. The highest BCUT2D eigenvalue weighted by Crippen LogP contribution is 2.36. The van der Waals surface area contributed by atoms with E-state index in [9.17, 15) is 18.0 Å². The van der Waals surface area contributed by atoms with Gasteiger partial charge in [0.25, 0.3) is 0 Å². The molecule has 0 saturated carbocycles. The number of ether oxygens (including phenoxy) is 1. The van der Waals surface area contributed by atoms with Gasteiger partial charge in [-0.1, -0.05) is 29.3 Å². The molecule has 1 atom stereocenters. The Hall–Kier alpha value is -2.31. The molecule has 23 heavy (non-hydrogen) atoms. The van der Waals surface area contributed by atoms with Crippen molar-refractivity contribution in [3.8, 4) is 0 Å². The minimum atomic E-state index is -4.68. The Kier molecular flexibility index (Phi) is 4.77. The fourth-order valence-corrected chi connectivity index (χ4v) is 2.34. The first-order valence-corrected chi connectivity index (χ1v) is 6.99. The largest absolute Gasteiger partial charge is 0.446 e. The third-order valence-corrected chi connectivity index (χ3v) is 3.16. The fraction of sp³-hybridized carbons (Fsp3) is 0.375. The van der Waals surface area contributed by atoms with Crippen LogP contribution in [0.5, 0.6) is 0 Å².